The van der Waals surface area contributed by atoms with Crippen LogP contribution in [0.1, 0.15) is 47.9 Å². The predicted octanol–water partition coefficient (Wildman–Crippen LogP) is 2.90. The normalized spacial score (nSPS) is 18.5. The molecule has 0 spiro atoms. The van der Waals surface area contributed by atoms with Crippen LogP contribution in [0.4, 0.5) is 8.78 Å². The van der Waals surface area contributed by atoms with Gasteiger partial charge in [0.25, 0.3) is 5.91 Å². The molecule has 2 unspecified atom stereocenters. The number of amides is 1. The molecular formula is C18H22F2N4O2. The molecule has 140 valence electrons. The zero-order chi connectivity index (χ0) is 18.5. The molecule has 2 atom stereocenters. The van der Waals surface area contributed by atoms with Crippen molar-refractivity contribution in [2.24, 2.45) is 0 Å². The van der Waals surface area contributed by atoms with Gasteiger partial charge in [-0.15, -0.1) is 0 Å². The number of benzene rings is 1. The Morgan fingerprint density at radius 3 is 3.00 bits per heavy atom. The van der Waals surface area contributed by atoms with Crippen molar-refractivity contribution in [3.8, 4) is 5.75 Å². The van der Waals surface area contributed by atoms with Crippen LogP contribution in [0.5, 0.6) is 5.75 Å². The van der Waals surface area contributed by atoms with Crippen LogP contribution < -0.4 is 15.4 Å². The number of nitrogens with one attached hydrogen (secondary N) is 2. The van der Waals surface area contributed by atoms with Gasteiger partial charge in [0.15, 0.2) is 0 Å². The maximum absolute atomic E-state index is 12.4. The lowest BCUT2D eigenvalue weighted by Crippen LogP contribution is -2.32. The molecule has 1 aromatic heterocycles. The molecule has 26 heavy (non-hydrogen) atoms. The molecule has 1 amide bonds. The van der Waals surface area contributed by atoms with Gasteiger partial charge in [0.1, 0.15) is 11.4 Å². The third-order valence-electron chi connectivity index (χ3n) is 4.42. The highest BCUT2D eigenvalue weighted by Crippen LogP contribution is 2.21. The molecular weight excluding hydrogens is 342 g/mol. The number of rotatable bonds is 6. The molecule has 2 heterocycles. The molecule has 1 aliphatic heterocycles. The van der Waals surface area contributed by atoms with E-state index < -0.39 is 6.61 Å². The second-order valence-electron chi connectivity index (χ2n) is 6.33. The average molecular weight is 364 g/mol. The predicted molar refractivity (Wildman–Crippen MR) is 92.3 cm³/mol. The van der Waals surface area contributed by atoms with E-state index >= 15 is 0 Å². The summed E-state index contributed by atoms with van der Waals surface area (Å²) in [5.74, 6) is -0.243. The van der Waals surface area contributed by atoms with E-state index in [-0.39, 0.29) is 23.7 Å². The molecule has 0 bridgehead atoms. The Morgan fingerprint density at radius 2 is 2.27 bits per heavy atom. The summed E-state index contributed by atoms with van der Waals surface area (Å²) in [6, 6.07) is 7.87. The maximum atomic E-state index is 12.4. The van der Waals surface area contributed by atoms with Gasteiger partial charge in [-0.3, -0.25) is 9.48 Å². The van der Waals surface area contributed by atoms with Crippen LogP contribution in [0.3, 0.4) is 0 Å². The molecule has 1 saturated heterocycles. The molecule has 0 aliphatic carbocycles. The first-order valence-electron chi connectivity index (χ1n) is 8.64. The van der Waals surface area contributed by atoms with E-state index in [0.717, 1.165) is 25.9 Å². The molecule has 0 radical (unpaired) electrons. The van der Waals surface area contributed by atoms with Gasteiger partial charge >= 0.3 is 6.61 Å². The Kier molecular flexibility index (Phi) is 5.82. The number of alkyl halides is 2. The highest BCUT2D eigenvalue weighted by molar-refractivity contribution is 5.92. The number of aromatic nitrogens is 2. The Balaban J connectivity index is 1.63. The zero-order valence-corrected chi connectivity index (χ0v) is 14.5. The van der Waals surface area contributed by atoms with Crippen LogP contribution in [0.2, 0.25) is 0 Å². The maximum Gasteiger partial charge on any atom is 0.387 e. The summed E-state index contributed by atoms with van der Waals surface area (Å²) >= 11 is 0. The fourth-order valence-corrected chi connectivity index (χ4v) is 3.04. The van der Waals surface area contributed by atoms with E-state index in [9.17, 15) is 13.6 Å². The van der Waals surface area contributed by atoms with Crippen molar-refractivity contribution in [2.45, 2.75) is 38.5 Å². The minimum absolute atomic E-state index is 0.0627. The molecule has 1 fully saturated rings. The van der Waals surface area contributed by atoms with Gasteiger partial charge in [0.2, 0.25) is 0 Å². The SMILES string of the molecule is CC(NC(=O)c1ccn(C2CCCNC2)n1)c1cccc(OC(F)F)c1. The lowest BCUT2D eigenvalue weighted by Gasteiger charge is -2.22. The van der Waals surface area contributed by atoms with E-state index in [1.165, 1.54) is 12.1 Å². The van der Waals surface area contributed by atoms with Crippen molar-refractivity contribution in [1.82, 2.24) is 20.4 Å². The smallest absolute Gasteiger partial charge is 0.387 e. The van der Waals surface area contributed by atoms with E-state index in [2.05, 4.69) is 20.5 Å². The lowest BCUT2D eigenvalue weighted by atomic mass is 10.1. The number of carbonyl (C=O) groups excluding carboxylic acids is 1. The quantitative estimate of drug-likeness (QED) is 0.827. The van der Waals surface area contributed by atoms with E-state index in [1.807, 2.05) is 10.9 Å². The summed E-state index contributed by atoms with van der Waals surface area (Å²) < 4.78 is 30.9. The number of ether oxygens (including phenoxy) is 1. The van der Waals surface area contributed by atoms with Crippen LogP contribution in [-0.2, 0) is 0 Å². The fourth-order valence-electron chi connectivity index (χ4n) is 3.04. The highest BCUT2D eigenvalue weighted by atomic mass is 19.3. The van der Waals surface area contributed by atoms with Crippen LogP contribution in [-0.4, -0.2) is 35.4 Å². The number of nitrogens with zero attached hydrogens (tertiary/aromatic N) is 2. The molecule has 2 N–H and O–H groups in total. The van der Waals surface area contributed by atoms with Crippen LogP contribution in [0.25, 0.3) is 0 Å². The summed E-state index contributed by atoms with van der Waals surface area (Å²) in [4.78, 5) is 12.4. The number of hydrogen-bond acceptors (Lipinski definition) is 4. The van der Waals surface area contributed by atoms with Gasteiger partial charge in [-0.05, 0) is 50.1 Å². The standard InChI is InChI=1S/C18H22F2N4O2/c1-12(13-4-2-6-15(10-13)26-18(19)20)22-17(25)16-7-9-24(23-16)14-5-3-8-21-11-14/h2,4,6-7,9-10,12,14,18,21H,3,5,8,11H2,1H3,(H,22,25). The summed E-state index contributed by atoms with van der Waals surface area (Å²) in [5.41, 5.74) is 1.01. The monoisotopic (exact) mass is 364 g/mol. The van der Waals surface area contributed by atoms with Gasteiger partial charge in [0, 0.05) is 12.7 Å². The zero-order valence-electron chi connectivity index (χ0n) is 14.5. The first-order valence-corrected chi connectivity index (χ1v) is 8.64. The van der Waals surface area contributed by atoms with Gasteiger partial charge in [-0.1, -0.05) is 12.1 Å². The van der Waals surface area contributed by atoms with Crippen LogP contribution >= 0.6 is 0 Å². The van der Waals surface area contributed by atoms with Crippen molar-refractivity contribution >= 4 is 5.91 Å². The Hall–Kier alpha value is -2.48. The Bertz CT molecular complexity index is 744. The van der Waals surface area contributed by atoms with Gasteiger partial charge in [-0.2, -0.15) is 13.9 Å². The third-order valence-corrected chi connectivity index (χ3v) is 4.42. The summed E-state index contributed by atoms with van der Waals surface area (Å²) in [6.45, 7) is 0.752. The molecule has 2 aromatic rings. The Labute approximate surface area is 150 Å². The summed E-state index contributed by atoms with van der Waals surface area (Å²) in [6.07, 6.45) is 3.93. The first-order chi connectivity index (χ1) is 12.5. The van der Waals surface area contributed by atoms with Crippen LogP contribution in [0.15, 0.2) is 36.5 Å². The van der Waals surface area contributed by atoms with E-state index in [0.29, 0.717) is 11.3 Å². The largest absolute Gasteiger partial charge is 0.435 e. The van der Waals surface area contributed by atoms with Crippen LogP contribution in [0, 0.1) is 0 Å². The molecule has 8 heteroatoms. The number of piperidine rings is 1. The van der Waals surface area contributed by atoms with Crippen molar-refractivity contribution in [2.75, 3.05) is 13.1 Å². The second-order valence-corrected chi connectivity index (χ2v) is 6.33. The van der Waals surface area contributed by atoms with Crippen molar-refractivity contribution in [3.63, 3.8) is 0 Å². The topological polar surface area (TPSA) is 68.2 Å². The van der Waals surface area contributed by atoms with Gasteiger partial charge < -0.3 is 15.4 Å². The second kappa shape index (κ2) is 8.27. The minimum Gasteiger partial charge on any atom is -0.435 e. The molecule has 3 rings (SSSR count). The average Bonchev–Trinajstić information content (AvgIpc) is 3.12. The van der Waals surface area contributed by atoms with Gasteiger partial charge in [-0.25, -0.2) is 0 Å². The number of hydrogen-bond donors (Lipinski definition) is 2. The number of halogens is 2. The summed E-state index contributed by atoms with van der Waals surface area (Å²) in [5, 5.41) is 10.5. The van der Waals surface area contributed by atoms with Crippen molar-refractivity contribution < 1.29 is 18.3 Å². The summed E-state index contributed by atoms with van der Waals surface area (Å²) in [7, 11) is 0. The first kappa shape index (κ1) is 18.3. The molecule has 0 saturated carbocycles. The molecule has 6 nitrogen and oxygen atoms in total. The van der Waals surface area contributed by atoms with Crippen molar-refractivity contribution in [1.29, 1.82) is 0 Å². The molecule has 1 aromatic carbocycles. The fraction of sp³-hybridized carbons (Fsp3) is 0.444. The minimum atomic E-state index is -2.88. The Morgan fingerprint density at radius 1 is 1.42 bits per heavy atom. The van der Waals surface area contributed by atoms with E-state index in [1.54, 1.807) is 25.1 Å². The van der Waals surface area contributed by atoms with Gasteiger partial charge in [0.05, 0.1) is 12.1 Å². The van der Waals surface area contributed by atoms with Crippen molar-refractivity contribution in [3.05, 3.63) is 47.8 Å². The highest BCUT2D eigenvalue weighted by Gasteiger charge is 2.19. The third kappa shape index (κ3) is 4.57. The van der Waals surface area contributed by atoms with E-state index in [4.69, 9.17) is 0 Å². The number of carbonyl (C=O) groups is 1. The lowest BCUT2D eigenvalue weighted by molar-refractivity contribution is -0.0499. The molecule has 1 aliphatic rings.